The van der Waals surface area contributed by atoms with Gasteiger partial charge in [0.05, 0.1) is 0 Å². The minimum atomic E-state index is -0.177. The van der Waals surface area contributed by atoms with Crippen LogP contribution >= 0.6 is 0 Å². The molecule has 2 aromatic rings. The molecule has 0 aromatic heterocycles. The summed E-state index contributed by atoms with van der Waals surface area (Å²) < 4.78 is 13.5. The summed E-state index contributed by atoms with van der Waals surface area (Å²) in [5.41, 5.74) is 2.51. The highest BCUT2D eigenvalue weighted by atomic mass is 16.5. The molecule has 0 bridgehead atoms. The van der Waals surface area contributed by atoms with Crippen molar-refractivity contribution in [2.45, 2.75) is 77.4 Å². The van der Waals surface area contributed by atoms with Crippen LogP contribution in [-0.2, 0) is 12.8 Å². The van der Waals surface area contributed by atoms with Gasteiger partial charge >= 0.3 is 0 Å². The van der Waals surface area contributed by atoms with Gasteiger partial charge in [0.15, 0.2) is 0 Å². The molecule has 2 nitrogen and oxygen atoms in total. The highest BCUT2D eigenvalue weighted by Gasteiger charge is 2.46. The zero-order valence-corrected chi connectivity index (χ0v) is 19.5. The van der Waals surface area contributed by atoms with Crippen molar-refractivity contribution in [3.05, 3.63) is 71.8 Å². The van der Waals surface area contributed by atoms with Gasteiger partial charge < -0.3 is 9.47 Å². The summed E-state index contributed by atoms with van der Waals surface area (Å²) in [5, 5.41) is 0. The van der Waals surface area contributed by atoms with Crippen molar-refractivity contribution in [1.82, 2.24) is 0 Å². The molecule has 5 rings (SSSR count). The number of benzene rings is 2. The number of rotatable bonds is 0. The van der Waals surface area contributed by atoms with Crippen LogP contribution in [0.1, 0.15) is 64.5 Å². The zero-order chi connectivity index (χ0) is 21.7. The first-order valence-corrected chi connectivity index (χ1v) is 12.0. The largest absolute Gasteiger partial charge is 0.487 e. The number of allylic oxidation sites excluding steroid dienone is 1. The van der Waals surface area contributed by atoms with Gasteiger partial charge in [0.1, 0.15) is 22.7 Å². The smallest absolute Gasteiger partial charge is 0.123 e. The lowest BCUT2D eigenvalue weighted by molar-refractivity contribution is -0.0357. The maximum atomic E-state index is 6.81. The highest BCUT2D eigenvalue weighted by molar-refractivity contribution is 5.38. The summed E-state index contributed by atoms with van der Waals surface area (Å²) in [6.45, 7) is 9.43. The van der Waals surface area contributed by atoms with E-state index in [-0.39, 0.29) is 16.6 Å². The Morgan fingerprint density at radius 1 is 0.742 bits per heavy atom. The monoisotopic (exact) mass is 416 g/mol. The molecular formula is C29H36O2. The van der Waals surface area contributed by atoms with Crippen LogP contribution in [0.3, 0.4) is 0 Å². The van der Waals surface area contributed by atoms with Gasteiger partial charge in [-0.2, -0.15) is 0 Å². The molecular weight excluding hydrogens is 380 g/mol. The predicted molar refractivity (Wildman–Crippen MR) is 127 cm³/mol. The Hall–Kier alpha value is -2.22. The van der Waals surface area contributed by atoms with E-state index in [4.69, 9.17) is 9.47 Å². The third-order valence-corrected chi connectivity index (χ3v) is 8.15. The second-order valence-electron chi connectivity index (χ2n) is 11.2. The van der Waals surface area contributed by atoms with Gasteiger partial charge in [-0.25, -0.2) is 0 Å². The van der Waals surface area contributed by atoms with E-state index in [0.29, 0.717) is 11.8 Å². The van der Waals surface area contributed by atoms with E-state index in [9.17, 15) is 0 Å². The minimum Gasteiger partial charge on any atom is -0.487 e. The van der Waals surface area contributed by atoms with Gasteiger partial charge in [0.2, 0.25) is 0 Å². The van der Waals surface area contributed by atoms with Crippen molar-refractivity contribution in [3.63, 3.8) is 0 Å². The van der Waals surface area contributed by atoms with E-state index < -0.39 is 0 Å². The van der Waals surface area contributed by atoms with Crippen molar-refractivity contribution < 1.29 is 9.47 Å². The molecule has 3 aliphatic rings. The third-order valence-electron chi connectivity index (χ3n) is 8.15. The first-order chi connectivity index (χ1) is 14.8. The molecule has 164 valence electrons. The molecule has 2 aromatic carbocycles. The normalized spacial score (nSPS) is 33.9. The van der Waals surface area contributed by atoms with Gasteiger partial charge in [-0.1, -0.05) is 62.4 Å². The van der Waals surface area contributed by atoms with Crippen molar-refractivity contribution in [1.29, 1.82) is 0 Å². The first-order valence-electron chi connectivity index (χ1n) is 12.0. The van der Waals surface area contributed by atoms with Crippen LogP contribution < -0.4 is 9.47 Å². The standard InChI is InChI=1S/C29H36O2/c1-27(2)15-9-16-28(3)23(18-21-10-5-7-12-25(21)30-28)14-17-29(4)24(20-27)19-22-11-6-8-13-26(22)31-29/h5-13,15,23-24H,14,16-20H2,1-4H3/t23-,24+,28+,29+/m1/s1. The molecule has 0 spiro atoms. The molecule has 0 amide bonds. The lowest BCUT2D eigenvalue weighted by Gasteiger charge is -2.47. The molecule has 0 saturated heterocycles. The highest BCUT2D eigenvalue weighted by Crippen LogP contribution is 2.48. The van der Waals surface area contributed by atoms with Gasteiger partial charge in [0, 0.05) is 18.3 Å². The Morgan fingerprint density at radius 2 is 1.32 bits per heavy atom. The van der Waals surface area contributed by atoms with Gasteiger partial charge in [-0.3, -0.25) is 0 Å². The molecule has 0 radical (unpaired) electrons. The maximum Gasteiger partial charge on any atom is 0.123 e. The average Bonchev–Trinajstić information content (AvgIpc) is 2.73. The second kappa shape index (κ2) is 7.43. The predicted octanol–water partition coefficient (Wildman–Crippen LogP) is 7.16. The van der Waals surface area contributed by atoms with Gasteiger partial charge in [-0.15, -0.1) is 0 Å². The van der Waals surface area contributed by atoms with E-state index in [0.717, 1.165) is 50.0 Å². The van der Waals surface area contributed by atoms with E-state index >= 15 is 0 Å². The molecule has 31 heavy (non-hydrogen) atoms. The minimum absolute atomic E-state index is 0.129. The van der Waals surface area contributed by atoms with Crippen LogP contribution in [0.5, 0.6) is 11.5 Å². The molecule has 0 unspecified atom stereocenters. The molecule has 0 N–H and O–H groups in total. The van der Waals surface area contributed by atoms with Crippen LogP contribution in [0.25, 0.3) is 0 Å². The SMILES string of the molecule is CC1(C)C=CC[C@]2(C)Oc3ccccc3C[C@H]2CC[C@]2(C)Oc3ccccc3C[C@H]2C1. The van der Waals surface area contributed by atoms with E-state index in [1.807, 2.05) is 0 Å². The molecule has 2 heterocycles. The molecule has 2 aliphatic heterocycles. The maximum absolute atomic E-state index is 6.81. The van der Waals surface area contributed by atoms with Crippen molar-refractivity contribution in [2.75, 3.05) is 0 Å². The summed E-state index contributed by atoms with van der Waals surface area (Å²) in [4.78, 5) is 0. The summed E-state index contributed by atoms with van der Waals surface area (Å²) in [5.74, 6) is 3.13. The fourth-order valence-electron chi connectivity index (χ4n) is 6.11. The molecule has 0 fully saturated rings. The molecule has 2 heteroatoms. The number of para-hydroxylation sites is 2. The fraction of sp³-hybridized carbons (Fsp3) is 0.517. The van der Waals surface area contributed by atoms with E-state index in [1.165, 1.54) is 11.1 Å². The first kappa shape index (κ1) is 20.7. The van der Waals surface area contributed by atoms with Crippen LogP contribution in [0.15, 0.2) is 60.7 Å². The summed E-state index contributed by atoms with van der Waals surface area (Å²) in [7, 11) is 0. The Labute approximate surface area is 187 Å². The fourth-order valence-corrected chi connectivity index (χ4v) is 6.11. The van der Waals surface area contributed by atoms with E-state index in [2.05, 4.69) is 88.4 Å². The van der Waals surface area contributed by atoms with Crippen LogP contribution in [0, 0.1) is 17.3 Å². The summed E-state index contributed by atoms with van der Waals surface area (Å²) in [6.07, 6.45) is 11.3. The second-order valence-corrected chi connectivity index (χ2v) is 11.2. The zero-order valence-electron chi connectivity index (χ0n) is 19.5. The molecule has 0 saturated carbocycles. The Bertz CT molecular complexity index is 990. The van der Waals surface area contributed by atoms with Crippen molar-refractivity contribution >= 4 is 0 Å². The Morgan fingerprint density at radius 3 is 2.00 bits per heavy atom. The lowest BCUT2D eigenvalue weighted by atomic mass is 9.69. The summed E-state index contributed by atoms with van der Waals surface area (Å²) in [6, 6.07) is 17.2. The van der Waals surface area contributed by atoms with Crippen molar-refractivity contribution in [2.24, 2.45) is 17.3 Å². The number of fused-ring (bicyclic) bond motifs is 4. The Kier molecular flexibility index (Phi) is 4.95. The number of hydrogen-bond donors (Lipinski definition) is 0. The van der Waals surface area contributed by atoms with Gasteiger partial charge in [-0.05, 0) is 74.6 Å². The lowest BCUT2D eigenvalue weighted by Crippen LogP contribution is -2.49. The van der Waals surface area contributed by atoms with Crippen molar-refractivity contribution in [3.8, 4) is 11.5 Å². The topological polar surface area (TPSA) is 18.5 Å². The Balaban J connectivity index is 1.52. The summed E-state index contributed by atoms with van der Waals surface area (Å²) >= 11 is 0. The van der Waals surface area contributed by atoms with Crippen LogP contribution in [-0.4, -0.2) is 11.2 Å². The average molecular weight is 417 g/mol. The molecule has 4 atom stereocenters. The molecule has 1 aliphatic carbocycles. The van der Waals surface area contributed by atoms with Gasteiger partial charge in [0.25, 0.3) is 0 Å². The van der Waals surface area contributed by atoms with E-state index in [1.54, 1.807) is 0 Å². The van der Waals surface area contributed by atoms with Crippen LogP contribution in [0.4, 0.5) is 0 Å². The van der Waals surface area contributed by atoms with Crippen LogP contribution in [0.2, 0.25) is 0 Å². The number of hydrogen-bond acceptors (Lipinski definition) is 2. The third kappa shape index (κ3) is 3.90. The quantitative estimate of drug-likeness (QED) is 0.424. The number of ether oxygens (including phenoxy) is 2.